The largest absolute Gasteiger partial charge is 0.477 e. The van der Waals surface area contributed by atoms with Crippen LogP contribution in [-0.4, -0.2) is 62.8 Å². The summed E-state index contributed by atoms with van der Waals surface area (Å²) in [5.74, 6) is -2.06. The van der Waals surface area contributed by atoms with Gasteiger partial charge in [0.2, 0.25) is 5.52 Å². The lowest BCUT2D eigenvalue weighted by Crippen LogP contribution is -2.71. The molecule has 12 nitrogen and oxygen atoms in total. The number of thioether (sulfide) groups is 1. The molecule has 3 aromatic rings. The second kappa shape index (κ2) is 9.71. The van der Waals surface area contributed by atoms with Gasteiger partial charge in [-0.05, 0) is 6.07 Å². The number of anilines is 2. The minimum absolute atomic E-state index is 0.0780. The van der Waals surface area contributed by atoms with Gasteiger partial charge in [0.05, 0.1) is 11.1 Å². The van der Waals surface area contributed by atoms with Crippen molar-refractivity contribution in [2.45, 2.75) is 18.0 Å². The summed E-state index contributed by atoms with van der Waals surface area (Å²) in [6.07, 6.45) is 1.80. The summed E-state index contributed by atoms with van der Waals surface area (Å²) in [5.41, 5.74) is 13.8. The van der Waals surface area contributed by atoms with Gasteiger partial charge in [0.25, 0.3) is 11.8 Å². The number of nitrogens with one attached hydrogen (secondary N) is 1. The van der Waals surface area contributed by atoms with E-state index in [1.807, 2.05) is 28.8 Å². The van der Waals surface area contributed by atoms with Gasteiger partial charge in [0.15, 0.2) is 23.6 Å². The van der Waals surface area contributed by atoms with Crippen LogP contribution >= 0.6 is 23.1 Å². The summed E-state index contributed by atoms with van der Waals surface area (Å²) in [5, 5.41) is 18.5. The smallest absolute Gasteiger partial charge is 0.352 e. The zero-order chi connectivity index (χ0) is 26.3. The first-order valence-corrected chi connectivity index (χ1v) is 12.9. The summed E-state index contributed by atoms with van der Waals surface area (Å²) in [6, 6.07) is 8.39. The number of carbonyl (C=O) groups is 3. The number of thiazole rings is 1. The number of hydrogen-bond donors (Lipinski definition) is 4. The third kappa shape index (κ3) is 4.34. The predicted octanol–water partition coefficient (Wildman–Crippen LogP) is 0.538. The fourth-order valence-electron chi connectivity index (χ4n) is 4.36. The first-order chi connectivity index (χ1) is 17.8. The van der Waals surface area contributed by atoms with Crippen molar-refractivity contribution in [2.75, 3.05) is 24.3 Å². The molecule has 37 heavy (non-hydrogen) atoms. The number of carboxylic acid groups (broad SMARTS) is 1. The van der Waals surface area contributed by atoms with Crippen LogP contribution in [-0.2, 0) is 25.8 Å². The molecule has 5 rings (SSSR count). The lowest BCUT2D eigenvalue weighted by Gasteiger charge is -2.49. The molecular weight excluding hydrogens is 518 g/mol. The number of nitrogen functional groups attached to an aromatic ring is 2. The highest BCUT2D eigenvalue weighted by Gasteiger charge is 2.54. The van der Waals surface area contributed by atoms with Crippen molar-refractivity contribution < 1.29 is 28.9 Å². The normalized spacial score (nSPS) is 19.4. The monoisotopic (exact) mass is 540 g/mol. The number of amides is 2. The molecule has 2 aromatic heterocycles. The van der Waals surface area contributed by atoms with Crippen LogP contribution in [0.4, 0.5) is 10.8 Å². The van der Waals surface area contributed by atoms with Crippen LogP contribution in [0.3, 0.4) is 0 Å². The van der Waals surface area contributed by atoms with E-state index in [0.29, 0.717) is 17.0 Å². The number of benzene rings is 1. The Balaban J connectivity index is 1.39. The maximum Gasteiger partial charge on any atom is 0.352 e. The molecule has 0 saturated carbocycles. The van der Waals surface area contributed by atoms with Gasteiger partial charge in [-0.2, -0.15) is 4.57 Å². The van der Waals surface area contributed by atoms with E-state index in [1.54, 1.807) is 17.6 Å². The van der Waals surface area contributed by atoms with E-state index in [1.165, 1.54) is 23.8 Å². The average Bonchev–Trinajstić information content (AvgIpc) is 3.32. The Hall–Kier alpha value is -4.17. The number of pyridine rings is 1. The summed E-state index contributed by atoms with van der Waals surface area (Å²) in [4.78, 5) is 48.3. The second-order valence-electron chi connectivity index (χ2n) is 8.23. The summed E-state index contributed by atoms with van der Waals surface area (Å²) in [7, 11) is 1.28. The summed E-state index contributed by atoms with van der Waals surface area (Å²) in [6.45, 7) is 0.263. The molecule has 0 aliphatic carbocycles. The third-order valence-corrected chi connectivity index (χ3v) is 8.03. The molecule has 1 saturated heterocycles. The van der Waals surface area contributed by atoms with Gasteiger partial charge in [-0.15, -0.1) is 23.1 Å². The Kier molecular flexibility index (Phi) is 6.43. The van der Waals surface area contributed by atoms with Gasteiger partial charge < -0.3 is 26.7 Å². The van der Waals surface area contributed by atoms with Crippen LogP contribution in [0.1, 0.15) is 5.69 Å². The number of carboxylic acids is 1. The number of aliphatic carboxylic acids is 1. The Morgan fingerprint density at radius 2 is 2.11 bits per heavy atom. The number of β-lactam (4-membered cyclic amide) rings is 1. The molecule has 2 amide bonds. The van der Waals surface area contributed by atoms with Crippen molar-refractivity contribution in [3.63, 3.8) is 0 Å². The molecule has 1 unspecified atom stereocenters. The highest BCUT2D eigenvalue weighted by atomic mass is 32.2. The Morgan fingerprint density at radius 1 is 1.32 bits per heavy atom. The molecule has 1 fully saturated rings. The SMILES string of the molecule is CON=C(C(=O)NC1C(=O)N2C(C(=O)O)=C(C[n+]3ccc(N)c4ccccc43)CS[C@@H]12)c1csc(N)n1. The van der Waals surface area contributed by atoms with E-state index in [-0.39, 0.29) is 28.8 Å². The van der Waals surface area contributed by atoms with Gasteiger partial charge in [-0.3, -0.25) is 14.5 Å². The Morgan fingerprint density at radius 3 is 2.81 bits per heavy atom. The Bertz CT molecular complexity index is 1500. The van der Waals surface area contributed by atoms with Crippen molar-refractivity contribution in [1.29, 1.82) is 0 Å². The van der Waals surface area contributed by atoms with Gasteiger partial charge in [-0.1, -0.05) is 17.3 Å². The second-order valence-corrected chi connectivity index (χ2v) is 10.2. The van der Waals surface area contributed by atoms with Crippen LogP contribution < -0.4 is 21.4 Å². The number of carbonyl (C=O) groups excluding carboxylic acids is 2. The lowest BCUT2D eigenvalue weighted by molar-refractivity contribution is -0.663. The van der Waals surface area contributed by atoms with E-state index in [2.05, 4.69) is 15.5 Å². The fourth-order valence-corrected chi connectivity index (χ4v) is 6.24. The van der Waals surface area contributed by atoms with E-state index >= 15 is 0 Å². The fraction of sp³-hybridized carbons (Fsp3) is 0.217. The molecule has 4 heterocycles. The zero-order valence-corrected chi connectivity index (χ0v) is 21.1. The van der Waals surface area contributed by atoms with Crippen LogP contribution in [0.15, 0.2) is 58.3 Å². The lowest BCUT2D eigenvalue weighted by atomic mass is 10.0. The molecule has 0 bridgehead atoms. The van der Waals surface area contributed by atoms with E-state index in [0.717, 1.165) is 22.2 Å². The summed E-state index contributed by atoms with van der Waals surface area (Å²) < 4.78 is 1.90. The molecule has 2 atom stereocenters. The minimum atomic E-state index is -1.21. The molecule has 190 valence electrons. The van der Waals surface area contributed by atoms with Crippen LogP contribution in [0.2, 0.25) is 0 Å². The van der Waals surface area contributed by atoms with Crippen molar-refractivity contribution in [2.24, 2.45) is 5.16 Å². The topological polar surface area (TPSA) is 177 Å². The van der Waals surface area contributed by atoms with Gasteiger partial charge >= 0.3 is 5.97 Å². The minimum Gasteiger partial charge on any atom is -0.477 e. The highest BCUT2D eigenvalue weighted by Crippen LogP contribution is 2.40. The number of nitrogens with zero attached hydrogens (tertiary/aromatic N) is 4. The molecule has 0 radical (unpaired) electrons. The number of aromatic nitrogens is 2. The number of oxime groups is 1. The van der Waals surface area contributed by atoms with Gasteiger partial charge in [0.1, 0.15) is 29.9 Å². The standard InChI is InChI=1S/C23H21N7O5S2/c1-35-28-16(14-10-37-23(25)26-14)19(31)27-17-20(32)30-18(22(33)34)11(9-36-21(17)30)8-29-7-6-13(24)12-4-2-3-5-15(12)29/h2-7,10,17,21,24H,8-9H2,1H3,(H4,25,26,27,31,33,34)/p+1/t17?,21-/m0/s1. The van der Waals surface area contributed by atoms with Crippen molar-refractivity contribution in [3.05, 3.63) is 58.9 Å². The average molecular weight is 541 g/mol. The molecule has 2 aliphatic rings. The van der Waals surface area contributed by atoms with Crippen LogP contribution in [0.5, 0.6) is 0 Å². The molecule has 0 spiro atoms. The number of hydrogen-bond acceptors (Lipinski definition) is 10. The van der Waals surface area contributed by atoms with E-state index in [4.69, 9.17) is 16.3 Å². The van der Waals surface area contributed by atoms with Crippen molar-refractivity contribution in [1.82, 2.24) is 15.2 Å². The molecule has 6 N–H and O–H groups in total. The van der Waals surface area contributed by atoms with Crippen molar-refractivity contribution >= 4 is 68.3 Å². The van der Waals surface area contributed by atoms with E-state index in [9.17, 15) is 19.5 Å². The number of nitrogens with two attached hydrogens (primary N) is 2. The maximum absolute atomic E-state index is 13.1. The maximum atomic E-state index is 13.1. The van der Waals surface area contributed by atoms with E-state index < -0.39 is 29.2 Å². The van der Waals surface area contributed by atoms with Gasteiger partial charge in [-0.25, -0.2) is 9.78 Å². The first-order valence-electron chi connectivity index (χ1n) is 11.0. The van der Waals surface area contributed by atoms with Crippen LogP contribution in [0.25, 0.3) is 10.9 Å². The van der Waals surface area contributed by atoms with Gasteiger partial charge in [0, 0.05) is 28.8 Å². The molecule has 1 aromatic carbocycles. The van der Waals surface area contributed by atoms with Crippen LogP contribution in [0, 0.1) is 0 Å². The summed E-state index contributed by atoms with van der Waals surface area (Å²) >= 11 is 2.51. The number of fused-ring (bicyclic) bond motifs is 2. The third-order valence-electron chi connectivity index (χ3n) is 6.02. The first kappa shape index (κ1) is 24.5. The van der Waals surface area contributed by atoms with Crippen molar-refractivity contribution in [3.8, 4) is 0 Å². The number of rotatable bonds is 7. The highest BCUT2D eigenvalue weighted by molar-refractivity contribution is 8.00. The molecular formula is C23H22N7O5S2+. The zero-order valence-electron chi connectivity index (χ0n) is 19.5. The number of para-hydroxylation sites is 1. The molecule has 2 aliphatic heterocycles. The molecule has 14 heteroatoms. The Labute approximate surface area is 218 Å². The predicted molar refractivity (Wildman–Crippen MR) is 138 cm³/mol. The quantitative estimate of drug-likeness (QED) is 0.144.